The third-order valence-electron chi connectivity index (χ3n) is 6.80. The molecule has 2 aromatic rings. The van der Waals surface area contributed by atoms with E-state index < -0.39 is 57.6 Å². The van der Waals surface area contributed by atoms with Crippen LogP contribution in [-0.2, 0) is 19.6 Å². The summed E-state index contributed by atoms with van der Waals surface area (Å²) in [6, 6.07) is 5.96. The van der Waals surface area contributed by atoms with E-state index in [1.54, 1.807) is 12.1 Å². The minimum Gasteiger partial charge on any atom is -0.454 e. The lowest BCUT2D eigenvalue weighted by Crippen LogP contribution is -2.53. The minimum atomic E-state index is -4.55. The highest BCUT2D eigenvalue weighted by Crippen LogP contribution is 2.35. The van der Waals surface area contributed by atoms with Crippen molar-refractivity contribution in [2.24, 2.45) is 0 Å². The van der Waals surface area contributed by atoms with Crippen LogP contribution in [0.2, 0.25) is 0 Å². The summed E-state index contributed by atoms with van der Waals surface area (Å²) >= 11 is 0. The van der Waals surface area contributed by atoms with Crippen LogP contribution >= 0.6 is 0 Å². The van der Waals surface area contributed by atoms with Crippen molar-refractivity contribution in [3.8, 4) is 17.2 Å². The van der Waals surface area contributed by atoms with Gasteiger partial charge in [-0.25, -0.2) is 13.2 Å². The zero-order chi connectivity index (χ0) is 27.7. The summed E-state index contributed by atoms with van der Waals surface area (Å²) in [6.07, 6.45) is 1.39. The van der Waals surface area contributed by atoms with Crippen molar-refractivity contribution in [3.05, 3.63) is 48.3 Å². The third kappa shape index (κ3) is 5.04. The summed E-state index contributed by atoms with van der Waals surface area (Å²) < 4.78 is 42.9. The topological polar surface area (TPSA) is 162 Å². The van der Waals surface area contributed by atoms with Gasteiger partial charge in [0.2, 0.25) is 12.7 Å². The highest BCUT2D eigenvalue weighted by Gasteiger charge is 2.55. The molecule has 4 heterocycles. The van der Waals surface area contributed by atoms with Gasteiger partial charge in [0.15, 0.2) is 17.3 Å². The highest BCUT2D eigenvalue weighted by atomic mass is 32.2. The molecule has 13 nitrogen and oxygen atoms in total. The Kier molecular flexibility index (Phi) is 7.23. The first-order valence-electron chi connectivity index (χ1n) is 12.4. The van der Waals surface area contributed by atoms with Crippen molar-refractivity contribution in [2.45, 2.75) is 44.3 Å². The van der Waals surface area contributed by atoms with Gasteiger partial charge in [-0.15, -0.1) is 0 Å². The molecule has 0 aliphatic carbocycles. The number of amides is 2. The minimum absolute atomic E-state index is 0.0603. The molecule has 0 bridgehead atoms. The first-order chi connectivity index (χ1) is 18.7. The van der Waals surface area contributed by atoms with Crippen LogP contribution in [-0.4, -0.2) is 83.5 Å². The largest absolute Gasteiger partial charge is 0.454 e. The lowest BCUT2D eigenvalue weighted by atomic mass is 10.1. The third-order valence-corrected chi connectivity index (χ3v) is 8.49. The van der Waals surface area contributed by atoms with E-state index in [9.17, 15) is 27.6 Å². The first-order valence-corrected chi connectivity index (χ1v) is 13.8. The van der Waals surface area contributed by atoms with Crippen molar-refractivity contribution >= 4 is 32.9 Å². The smallest absolute Gasteiger partial charge is 0.413 e. The van der Waals surface area contributed by atoms with Gasteiger partial charge in [-0.05, 0) is 37.1 Å². The normalized spacial score (nSPS) is 20.9. The monoisotopic (exact) mass is 558 g/mol. The van der Waals surface area contributed by atoms with Crippen LogP contribution in [0.1, 0.15) is 36.7 Å². The fourth-order valence-corrected chi connectivity index (χ4v) is 6.50. The van der Waals surface area contributed by atoms with Crippen molar-refractivity contribution in [1.82, 2.24) is 19.5 Å². The average molecular weight is 559 g/mol. The number of benzene rings is 1. The number of carbonyl (C=O) groups is 4. The van der Waals surface area contributed by atoms with Gasteiger partial charge in [0.25, 0.3) is 10.0 Å². The van der Waals surface area contributed by atoms with Crippen LogP contribution < -0.4 is 19.5 Å². The number of hydrogen-bond acceptors (Lipinski definition) is 10. The van der Waals surface area contributed by atoms with Crippen LogP contribution in [0.3, 0.4) is 0 Å². The second-order valence-corrected chi connectivity index (χ2v) is 11.0. The number of ketones is 1. The lowest BCUT2D eigenvalue weighted by Gasteiger charge is -2.28. The summed E-state index contributed by atoms with van der Waals surface area (Å²) in [6.45, 7) is 1.45. The van der Waals surface area contributed by atoms with Gasteiger partial charge in [0.1, 0.15) is 23.5 Å². The van der Waals surface area contributed by atoms with Gasteiger partial charge in [0, 0.05) is 18.8 Å². The molecule has 0 radical (unpaired) electrons. The Morgan fingerprint density at radius 1 is 1.18 bits per heavy atom. The van der Waals surface area contributed by atoms with E-state index >= 15 is 0 Å². The van der Waals surface area contributed by atoms with Gasteiger partial charge in [-0.1, -0.05) is 19.4 Å². The molecule has 1 aromatic heterocycles. The Labute approximate surface area is 224 Å². The standard InChI is InChI=1S/C25H26N4O9S/c1-2-5-16(27-25(33)38-15-7-8-20-21(12-15)37-14-36-20)23(31)28-11-9-18-22(28)19(30)13-29(18)39(34,35)24(32)17-6-3-4-10-26-17/h3-4,6-8,10,12,16,18,22H,2,5,9,11,13-14H2,1H3,(H,27,33). The zero-order valence-corrected chi connectivity index (χ0v) is 21.8. The molecule has 0 saturated carbocycles. The van der Waals surface area contributed by atoms with Crippen LogP contribution in [0.5, 0.6) is 17.2 Å². The van der Waals surface area contributed by atoms with Crippen molar-refractivity contribution in [1.29, 1.82) is 0 Å². The van der Waals surface area contributed by atoms with Crippen molar-refractivity contribution in [3.63, 3.8) is 0 Å². The Morgan fingerprint density at radius 2 is 1.97 bits per heavy atom. The number of Topliss-reactive ketones (excluding diaryl/α,β-unsaturated/α-hetero) is 1. The summed E-state index contributed by atoms with van der Waals surface area (Å²) in [5, 5.41) is 1.35. The number of sulfonamides is 1. The van der Waals surface area contributed by atoms with Gasteiger partial charge in [-0.2, -0.15) is 4.31 Å². The molecule has 39 heavy (non-hydrogen) atoms. The quantitative estimate of drug-likeness (QED) is 0.521. The van der Waals surface area contributed by atoms with Crippen LogP contribution in [0.15, 0.2) is 42.6 Å². The van der Waals surface area contributed by atoms with Gasteiger partial charge < -0.3 is 24.4 Å². The number of ether oxygens (including phenoxy) is 3. The predicted octanol–water partition coefficient (Wildman–Crippen LogP) is 1.09. The van der Waals surface area contributed by atoms with Gasteiger partial charge in [0.05, 0.1) is 12.6 Å². The number of pyridine rings is 1. The summed E-state index contributed by atoms with van der Waals surface area (Å²) in [5.74, 6) is 0.0944. The molecule has 3 unspecified atom stereocenters. The fourth-order valence-electron chi connectivity index (χ4n) is 5.03. The molecule has 3 atom stereocenters. The number of hydrogen-bond donors (Lipinski definition) is 1. The van der Waals surface area contributed by atoms with Gasteiger partial charge >= 0.3 is 11.2 Å². The molecular weight excluding hydrogens is 532 g/mol. The molecule has 0 spiro atoms. The van der Waals surface area contributed by atoms with E-state index in [2.05, 4.69) is 10.3 Å². The van der Waals surface area contributed by atoms with E-state index in [1.807, 2.05) is 6.92 Å². The molecular formula is C25H26N4O9S. The predicted molar refractivity (Wildman–Crippen MR) is 134 cm³/mol. The molecule has 2 amide bonds. The number of carbonyl (C=O) groups excluding carboxylic acids is 4. The average Bonchev–Trinajstić information content (AvgIpc) is 3.65. The fraction of sp³-hybridized carbons (Fsp3) is 0.400. The van der Waals surface area contributed by atoms with Crippen LogP contribution in [0.4, 0.5) is 4.79 Å². The number of likely N-dealkylation sites (tertiary alicyclic amines) is 1. The van der Waals surface area contributed by atoms with E-state index in [4.69, 9.17) is 14.2 Å². The number of aromatic nitrogens is 1. The van der Waals surface area contributed by atoms with E-state index in [-0.39, 0.29) is 37.6 Å². The Morgan fingerprint density at radius 3 is 2.72 bits per heavy atom. The maximum Gasteiger partial charge on any atom is 0.413 e. The van der Waals surface area contributed by atoms with Crippen molar-refractivity contribution < 1.29 is 41.8 Å². The van der Waals surface area contributed by atoms with E-state index in [0.29, 0.717) is 17.9 Å². The number of nitrogens with one attached hydrogen (secondary N) is 1. The highest BCUT2D eigenvalue weighted by molar-refractivity contribution is 8.04. The molecule has 14 heteroatoms. The number of rotatable bonds is 7. The maximum absolute atomic E-state index is 13.5. The summed E-state index contributed by atoms with van der Waals surface area (Å²) in [4.78, 5) is 56.9. The molecule has 1 aromatic carbocycles. The summed E-state index contributed by atoms with van der Waals surface area (Å²) in [7, 11) is -4.55. The van der Waals surface area contributed by atoms with E-state index in [1.165, 1.54) is 35.4 Å². The lowest BCUT2D eigenvalue weighted by molar-refractivity contribution is -0.138. The SMILES string of the molecule is CCCC(NC(=O)Oc1ccc2c(c1)OCO2)C(=O)N1CCC2C1C(=O)CN2S(=O)(=O)C(=O)c1ccccn1. The number of nitrogens with zero attached hydrogens (tertiary/aromatic N) is 3. The second kappa shape index (κ2) is 10.6. The zero-order valence-electron chi connectivity index (χ0n) is 20.9. The Bertz CT molecular complexity index is 1420. The van der Waals surface area contributed by atoms with Crippen LogP contribution in [0.25, 0.3) is 0 Å². The Hall–Kier alpha value is -4.04. The number of fused-ring (bicyclic) bond motifs is 2. The second-order valence-electron chi connectivity index (χ2n) is 9.24. The molecule has 2 fully saturated rings. The van der Waals surface area contributed by atoms with E-state index in [0.717, 1.165) is 4.31 Å². The first kappa shape index (κ1) is 26.6. The summed E-state index contributed by atoms with van der Waals surface area (Å²) in [5.41, 5.74) is -0.257. The maximum atomic E-state index is 13.5. The molecule has 1 N–H and O–H groups in total. The molecule has 5 rings (SSSR count). The molecule has 206 valence electrons. The van der Waals surface area contributed by atoms with Gasteiger partial charge in [-0.3, -0.25) is 19.4 Å². The van der Waals surface area contributed by atoms with Crippen molar-refractivity contribution in [2.75, 3.05) is 19.9 Å². The van der Waals surface area contributed by atoms with Crippen LogP contribution in [0, 0.1) is 0 Å². The molecule has 3 aliphatic heterocycles. The Balaban J connectivity index is 1.28. The molecule has 2 saturated heterocycles. The molecule has 3 aliphatic rings.